The van der Waals surface area contributed by atoms with Gasteiger partial charge in [-0.2, -0.15) is 0 Å². The molecule has 0 fully saturated rings. The van der Waals surface area contributed by atoms with Gasteiger partial charge in [0.05, 0.1) is 11.3 Å². The number of carbonyl (C=O) groups excluding carboxylic acids is 1. The fourth-order valence-corrected chi connectivity index (χ4v) is 1.75. The van der Waals surface area contributed by atoms with E-state index < -0.39 is 0 Å². The molecule has 0 spiro atoms. The van der Waals surface area contributed by atoms with Crippen LogP contribution in [0.1, 0.15) is 17.3 Å². The van der Waals surface area contributed by atoms with E-state index in [1.165, 1.54) is 29.4 Å². The van der Waals surface area contributed by atoms with Gasteiger partial charge in [-0.1, -0.05) is 0 Å². The zero-order chi connectivity index (χ0) is 11.7. The summed E-state index contributed by atoms with van der Waals surface area (Å²) in [7, 11) is 0. The summed E-state index contributed by atoms with van der Waals surface area (Å²) >= 11 is 5.70. The molecule has 1 aliphatic rings. The number of ether oxygens (including phenoxy) is 1. The first-order valence-corrected chi connectivity index (χ1v) is 5.21. The maximum atomic E-state index is 12.0. The van der Waals surface area contributed by atoms with Crippen LogP contribution in [0.3, 0.4) is 0 Å². The summed E-state index contributed by atoms with van der Waals surface area (Å²) in [5.74, 6) is 0.144. The van der Waals surface area contributed by atoms with Crippen molar-refractivity contribution in [2.24, 2.45) is 0 Å². The molecule has 0 bridgehead atoms. The number of aromatic hydroxyl groups is 1. The number of hydrogen-bond acceptors (Lipinski definition) is 3. The minimum atomic E-state index is -0.240. The summed E-state index contributed by atoms with van der Waals surface area (Å²) < 4.78 is 5.30. The van der Waals surface area contributed by atoms with Gasteiger partial charge in [-0.05, 0) is 19.1 Å². The summed E-state index contributed by atoms with van der Waals surface area (Å²) in [4.78, 5) is 13.4. The molecule has 0 atom stereocenters. The minimum Gasteiger partial charge on any atom is -0.508 e. The Bertz CT molecular complexity index is 470. The first-order valence-electron chi connectivity index (χ1n) is 4.67. The predicted molar refractivity (Wildman–Crippen MR) is 59.4 cm³/mol. The highest BCUT2D eigenvalue weighted by Crippen LogP contribution is 2.29. The Kier molecular flexibility index (Phi) is 2.75. The Morgan fingerprint density at radius 2 is 2.25 bits per heavy atom. The zero-order valence-electron chi connectivity index (χ0n) is 8.61. The maximum absolute atomic E-state index is 12.0. The standard InChI is InChI=1S/C11H10ClNO3/c1-7-5-16-10-4-8(14)2-3-9(10)11(15)13(7)6-12/h2-5,14H,6H2,1H3. The van der Waals surface area contributed by atoms with Gasteiger partial charge < -0.3 is 9.84 Å². The largest absolute Gasteiger partial charge is 0.508 e. The number of allylic oxidation sites excluding steroid dienone is 1. The van der Waals surface area contributed by atoms with Gasteiger partial charge in [0.25, 0.3) is 5.91 Å². The summed E-state index contributed by atoms with van der Waals surface area (Å²) in [6.07, 6.45) is 1.44. The lowest BCUT2D eigenvalue weighted by Crippen LogP contribution is -2.27. The Morgan fingerprint density at radius 3 is 2.94 bits per heavy atom. The van der Waals surface area contributed by atoms with Crippen molar-refractivity contribution in [1.29, 1.82) is 0 Å². The molecule has 1 amide bonds. The molecular weight excluding hydrogens is 230 g/mol. The van der Waals surface area contributed by atoms with Gasteiger partial charge in [0.1, 0.15) is 23.8 Å². The van der Waals surface area contributed by atoms with Crippen LogP contribution in [-0.4, -0.2) is 21.9 Å². The number of carbonyl (C=O) groups is 1. The van der Waals surface area contributed by atoms with E-state index in [4.69, 9.17) is 16.3 Å². The quantitative estimate of drug-likeness (QED) is 0.604. The monoisotopic (exact) mass is 239 g/mol. The molecule has 2 rings (SSSR count). The average molecular weight is 240 g/mol. The van der Waals surface area contributed by atoms with Gasteiger partial charge in [0.15, 0.2) is 0 Å². The summed E-state index contributed by atoms with van der Waals surface area (Å²) in [5.41, 5.74) is 1.00. The fourth-order valence-electron chi connectivity index (χ4n) is 1.45. The summed E-state index contributed by atoms with van der Waals surface area (Å²) in [6.45, 7) is 1.73. The lowest BCUT2D eigenvalue weighted by molar-refractivity contribution is 0.0830. The molecule has 1 aromatic rings. The van der Waals surface area contributed by atoms with Crippen LogP contribution in [0, 0.1) is 0 Å². The lowest BCUT2D eigenvalue weighted by atomic mass is 10.1. The number of amides is 1. The second-order valence-electron chi connectivity index (χ2n) is 3.41. The van der Waals surface area contributed by atoms with Crippen LogP contribution < -0.4 is 4.74 Å². The maximum Gasteiger partial charge on any atom is 0.262 e. The topological polar surface area (TPSA) is 49.8 Å². The highest BCUT2D eigenvalue weighted by atomic mass is 35.5. The van der Waals surface area contributed by atoms with Crippen LogP contribution in [0.2, 0.25) is 0 Å². The number of hydrogen-bond donors (Lipinski definition) is 1. The van der Waals surface area contributed by atoms with Crippen molar-refractivity contribution >= 4 is 17.5 Å². The SMILES string of the molecule is CC1=COc2cc(O)ccc2C(=O)N1CCl. The molecular formula is C11H10ClNO3. The molecule has 1 heterocycles. The first-order chi connectivity index (χ1) is 7.63. The third kappa shape index (κ3) is 1.72. The van der Waals surface area contributed by atoms with Crippen molar-refractivity contribution in [3.05, 3.63) is 35.7 Å². The third-order valence-corrected chi connectivity index (χ3v) is 2.58. The molecule has 16 heavy (non-hydrogen) atoms. The van der Waals surface area contributed by atoms with E-state index >= 15 is 0 Å². The molecule has 84 valence electrons. The van der Waals surface area contributed by atoms with Gasteiger partial charge >= 0.3 is 0 Å². The molecule has 5 heteroatoms. The molecule has 0 saturated heterocycles. The van der Waals surface area contributed by atoms with E-state index in [0.29, 0.717) is 17.0 Å². The van der Waals surface area contributed by atoms with E-state index in [0.717, 1.165) is 0 Å². The van der Waals surface area contributed by atoms with Gasteiger partial charge in [-0.15, -0.1) is 11.6 Å². The van der Waals surface area contributed by atoms with Crippen molar-refractivity contribution in [3.8, 4) is 11.5 Å². The molecule has 1 aromatic carbocycles. The van der Waals surface area contributed by atoms with Crippen LogP contribution in [-0.2, 0) is 0 Å². The van der Waals surface area contributed by atoms with Crippen molar-refractivity contribution in [2.75, 3.05) is 6.00 Å². The smallest absolute Gasteiger partial charge is 0.262 e. The second kappa shape index (κ2) is 4.06. The van der Waals surface area contributed by atoms with Crippen LogP contribution in [0.25, 0.3) is 0 Å². The third-order valence-electron chi connectivity index (χ3n) is 2.34. The number of rotatable bonds is 1. The molecule has 1 aliphatic heterocycles. The molecule has 0 radical (unpaired) electrons. The number of phenolic OH excluding ortho intramolecular Hbond substituents is 1. The van der Waals surface area contributed by atoms with Crippen molar-refractivity contribution in [3.63, 3.8) is 0 Å². The van der Waals surface area contributed by atoms with Crippen molar-refractivity contribution < 1.29 is 14.6 Å². The van der Waals surface area contributed by atoms with Crippen LogP contribution in [0.4, 0.5) is 0 Å². The van der Waals surface area contributed by atoms with Crippen molar-refractivity contribution in [2.45, 2.75) is 6.92 Å². The highest BCUT2D eigenvalue weighted by molar-refractivity contribution is 6.19. The van der Waals surface area contributed by atoms with E-state index in [1.807, 2.05) is 0 Å². The molecule has 4 nitrogen and oxygen atoms in total. The lowest BCUT2D eigenvalue weighted by Gasteiger charge is -2.17. The van der Waals surface area contributed by atoms with Gasteiger partial charge in [0, 0.05) is 6.07 Å². The minimum absolute atomic E-state index is 0.0527. The van der Waals surface area contributed by atoms with Crippen molar-refractivity contribution in [1.82, 2.24) is 4.90 Å². The Labute approximate surface area is 97.7 Å². The van der Waals surface area contributed by atoms with Crippen LogP contribution in [0.15, 0.2) is 30.2 Å². The van der Waals surface area contributed by atoms with Gasteiger partial charge in [-0.3, -0.25) is 9.69 Å². The molecule has 1 N–H and O–H groups in total. The Morgan fingerprint density at radius 1 is 1.50 bits per heavy atom. The predicted octanol–water partition coefficient (Wildman–Crippen LogP) is 2.28. The van der Waals surface area contributed by atoms with Gasteiger partial charge in [0.2, 0.25) is 0 Å². The Balaban J connectivity index is 2.52. The number of nitrogens with zero attached hydrogens (tertiary/aromatic N) is 1. The number of phenols is 1. The number of benzene rings is 1. The van der Waals surface area contributed by atoms with E-state index in [1.54, 1.807) is 6.92 Å². The summed E-state index contributed by atoms with van der Waals surface area (Å²) in [5, 5.41) is 9.30. The number of halogens is 1. The second-order valence-corrected chi connectivity index (χ2v) is 3.65. The van der Waals surface area contributed by atoms with E-state index in [-0.39, 0.29) is 17.7 Å². The molecule has 0 saturated carbocycles. The normalized spacial score (nSPS) is 15.0. The molecule has 0 aliphatic carbocycles. The zero-order valence-corrected chi connectivity index (χ0v) is 9.36. The van der Waals surface area contributed by atoms with E-state index in [2.05, 4.69) is 0 Å². The number of alkyl halides is 1. The highest BCUT2D eigenvalue weighted by Gasteiger charge is 2.23. The Hall–Kier alpha value is -1.68. The van der Waals surface area contributed by atoms with Gasteiger partial charge in [-0.25, -0.2) is 0 Å². The molecule has 0 unspecified atom stereocenters. The number of fused-ring (bicyclic) bond motifs is 1. The van der Waals surface area contributed by atoms with Crippen LogP contribution >= 0.6 is 11.6 Å². The first kappa shape index (κ1) is 10.8. The molecule has 0 aromatic heterocycles. The summed E-state index contributed by atoms with van der Waals surface area (Å²) in [6, 6.07) is 4.41. The average Bonchev–Trinajstić information content (AvgIpc) is 2.37. The fraction of sp³-hybridized carbons (Fsp3) is 0.182. The van der Waals surface area contributed by atoms with E-state index in [9.17, 15) is 9.90 Å². The van der Waals surface area contributed by atoms with Crippen LogP contribution in [0.5, 0.6) is 11.5 Å².